The van der Waals surface area contributed by atoms with Crippen LogP contribution in [0, 0.1) is 0 Å². The van der Waals surface area contributed by atoms with Gasteiger partial charge in [-0.3, -0.25) is 0 Å². The molecule has 5 nitrogen and oxygen atoms in total. The second-order valence-electron chi connectivity index (χ2n) is 9.84. The first-order valence-corrected chi connectivity index (χ1v) is 13.3. The lowest BCUT2D eigenvalue weighted by Gasteiger charge is -2.23. The topological polar surface area (TPSA) is 64.3 Å². The van der Waals surface area contributed by atoms with E-state index in [1.807, 2.05) is 29.1 Å². The summed E-state index contributed by atoms with van der Waals surface area (Å²) in [6, 6.07) is 28.7. The van der Waals surface area contributed by atoms with Gasteiger partial charge in [-0.2, -0.15) is 5.10 Å². The highest BCUT2D eigenvalue weighted by molar-refractivity contribution is 6.03. The Kier molecular flexibility index (Phi) is 6.52. The Balaban J connectivity index is 1.52. The normalized spacial score (nSPS) is 16.5. The number of aromatic carboxylic acids is 1. The lowest BCUT2D eigenvalue weighted by atomic mass is 9.87. The number of allylic oxidation sites excluding steroid dienone is 1. The maximum absolute atomic E-state index is 11.5. The molecule has 0 radical (unpaired) electrons. The molecule has 1 fully saturated rings. The first-order valence-electron chi connectivity index (χ1n) is 13.3. The number of ether oxygens (including phenoxy) is 1. The lowest BCUT2D eigenvalue weighted by molar-refractivity contribution is -0.0366. The van der Waals surface area contributed by atoms with Crippen molar-refractivity contribution in [1.82, 2.24) is 9.78 Å². The predicted octanol–water partition coefficient (Wildman–Crippen LogP) is 7.96. The zero-order chi connectivity index (χ0) is 26.1. The predicted molar refractivity (Wildman–Crippen MR) is 152 cm³/mol. The summed E-state index contributed by atoms with van der Waals surface area (Å²) in [5, 5.41) is 17.1. The number of rotatable bonds is 6. The Morgan fingerprint density at radius 1 is 0.868 bits per heavy atom. The zero-order valence-corrected chi connectivity index (χ0v) is 21.4. The van der Waals surface area contributed by atoms with Crippen molar-refractivity contribution in [3.05, 3.63) is 113 Å². The van der Waals surface area contributed by atoms with Gasteiger partial charge in [-0.05, 0) is 94.6 Å². The van der Waals surface area contributed by atoms with Gasteiger partial charge < -0.3 is 9.84 Å². The van der Waals surface area contributed by atoms with E-state index in [0.717, 1.165) is 65.1 Å². The van der Waals surface area contributed by atoms with E-state index in [2.05, 4.69) is 61.5 Å². The van der Waals surface area contributed by atoms with Gasteiger partial charge in [0, 0.05) is 12.0 Å². The van der Waals surface area contributed by atoms with Crippen LogP contribution in [0.3, 0.4) is 0 Å². The van der Waals surface area contributed by atoms with E-state index in [-0.39, 0.29) is 6.23 Å². The minimum atomic E-state index is -0.915. The SMILES string of the molecule is CC/C(=C(/c1ccc2cc(C(=O)O)ccc2c1)c1ccc2c(cnn2C2CCCCO2)c1)c1ccccc1. The molecule has 190 valence electrons. The Hall–Kier alpha value is -4.22. The first kappa shape index (κ1) is 24.1. The largest absolute Gasteiger partial charge is 0.478 e. The summed E-state index contributed by atoms with van der Waals surface area (Å²) in [5.41, 5.74) is 7.23. The quantitative estimate of drug-likeness (QED) is 0.239. The molecule has 0 bridgehead atoms. The lowest BCUT2D eigenvalue weighted by Crippen LogP contribution is -2.18. The van der Waals surface area contributed by atoms with Crippen LogP contribution in [-0.4, -0.2) is 27.5 Å². The van der Waals surface area contributed by atoms with E-state index >= 15 is 0 Å². The van der Waals surface area contributed by atoms with Crippen molar-refractivity contribution in [2.75, 3.05) is 6.61 Å². The van der Waals surface area contributed by atoms with Crippen molar-refractivity contribution in [2.45, 2.75) is 38.8 Å². The molecule has 1 unspecified atom stereocenters. The molecule has 1 aliphatic rings. The molecule has 4 aromatic carbocycles. The molecule has 0 spiro atoms. The third kappa shape index (κ3) is 4.50. The Morgan fingerprint density at radius 3 is 2.24 bits per heavy atom. The second kappa shape index (κ2) is 10.3. The molecule has 1 aliphatic heterocycles. The number of hydrogen-bond acceptors (Lipinski definition) is 3. The van der Waals surface area contributed by atoms with Gasteiger partial charge in [-0.25, -0.2) is 9.48 Å². The van der Waals surface area contributed by atoms with Gasteiger partial charge in [0.2, 0.25) is 0 Å². The second-order valence-corrected chi connectivity index (χ2v) is 9.84. The number of nitrogens with zero attached hydrogens (tertiary/aromatic N) is 2. The van der Waals surface area contributed by atoms with Crippen molar-refractivity contribution in [1.29, 1.82) is 0 Å². The summed E-state index contributed by atoms with van der Waals surface area (Å²) in [6.07, 6.45) is 6.05. The number of fused-ring (bicyclic) bond motifs is 2. The summed E-state index contributed by atoms with van der Waals surface area (Å²) in [6.45, 7) is 2.98. The molecule has 6 rings (SSSR count). The van der Waals surface area contributed by atoms with E-state index in [1.54, 1.807) is 12.1 Å². The van der Waals surface area contributed by atoms with Gasteiger partial charge in [0.05, 0.1) is 17.3 Å². The number of hydrogen-bond donors (Lipinski definition) is 1. The van der Waals surface area contributed by atoms with E-state index in [0.29, 0.717) is 5.56 Å². The van der Waals surface area contributed by atoms with Gasteiger partial charge in [0.25, 0.3) is 0 Å². The Labute approximate surface area is 222 Å². The van der Waals surface area contributed by atoms with E-state index in [4.69, 9.17) is 9.84 Å². The summed E-state index contributed by atoms with van der Waals surface area (Å²) in [5.74, 6) is -0.915. The smallest absolute Gasteiger partial charge is 0.335 e. The average molecular weight is 503 g/mol. The fourth-order valence-electron chi connectivity index (χ4n) is 5.57. The highest BCUT2D eigenvalue weighted by Crippen LogP contribution is 2.37. The highest BCUT2D eigenvalue weighted by atomic mass is 16.5. The molecule has 0 saturated carbocycles. The number of carboxylic acids is 1. The van der Waals surface area contributed by atoms with Crippen molar-refractivity contribution >= 4 is 38.8 Å². The molecular formula is C33H30N2O3. The van der Waals surface area contributed by atoms with Gasteiger partial charge in [0.1, 0.15) is 0 Å². The Morgan fingerprint density at radius 2 is 1.55 bits per heavy atom. The van der Waals surface area contributed by atoms with Gasteiger partial charge in [0.15, 0.2) is 6.23 Å². The van der Waals surface area contributed by atoms with E-state index in [1.165, 1.54) is 16.7 Å². The number of carbonyl (C=O) groups is 1. The molecule has 1 N–H and O–H groups in total. The molecule has 1 saturated heterocycles. The van der Waals surface area contributed by atoms with Gasteiger partial charge >= 0.3 is 5.97 Å². The first-order chi connectivity index (χ1) is 18.6. The maximum Gasteiger partial charge on any atom is 0.335 e. The zero-order valence-electron chi connectivity index (χ0n) is 21.4. The minimum absolute atomic E-state index is 0.00573. The standard InChI is InChI=1S/C33H30N2O3/c1-2-29(22-8-4-3-5-9-22)32(25-13-11-24-19-27(33(36)37)14-12-23(24)18-25)26-15-16-30-28(20-26)21-34-35(30)31-10-6-7-17-38-31/h3-5,8-9,11-16,18-21,31H,2,6-7,10,17H2,1H3,(H,36,37)/b32-29+. The van der Waals surface area contributed by atoms with Crippen LogP contribution < -0.4 is 0 Å². The van der Waals surface area contributed by atoms with Crippen molar-refractivity contribution < 1.29 is 14.6 Å². The molecule has 0 amide bonds. The van der Waals surface area contributed by atoms with Gasteiger partial charge in [-0.15, -0.1) is 0 Å². The monoisotopic (exact) mass is 502 g/mol. The molecule has 5 aromatic rings. The van der Waals surface area contributed by atoms with Crippen molar-refractivity contribution in [3.63, 3.8) is 0 Å². The third-order valence-electron chi connectivity index (χ3n) is 7.47. The van der Waals surface area contributed by atoms with E-state index in [9.17, 15) is 9.90 Å². The number of aromatic nitrogens is 2. The molecule has 2 heterocycles. The maximum atomic E-state index is 11.5. The minimum Gasteiger partial charge on any atom is -0.478 e. The third-order valence-corrected chi connectivity index (χ3v) is 7.47. The van der Waals surface area contributed by atoms with E-state index < -0.39 is 5.97 Å². The molecule has 0 aliphatic carbocycles. The molecular weight excluding hydrogens is 472 g/mol. The fourth-order valence-corrected chi connectivity index (χ4v) is 5.57. The van der Waals surface area contributed by atoms with Crippen LogP contribution in [0.25, 0.3) is 32.8 Å². The van der Waals surface area contributed by atoms with Crippen LogP contribution in [0.4, 0.5) is 0 Å². The summed E-state index contributed by atoms with van der Waals surface area (Å²) in [4.78, 5) is 11.5. The number of benzene rings is 4. The van der Waals surface area contributed by atoms with Crippen LogP contribution in [-0.2, 0) is 4.74 Å². The summed E-state index contributed by atoms with van der Waals surface area (Å²) in [7, 11) is 0. The molecule has 1 aromatic heterocycles. The van der Waals surface area contributed by atoms with Gasteiger partial charge in [-0.1, -0.05) is 61.5 Å². The summed E-state index contributed by atoms with van der Waals surface area (Å²) < 4.78 is 8.03. The van der Waals surface area contributed by atoms with Crippen LogP contribution in [0.5, 0.6) is 0 Å². The van der Waals surface area contributed by atoms with Crippen LogP contribution in [0.15, 0.2) is 91.1 Å². The highest BCUT2D eigenvalue weighted by Gasteiger charge is 2.20. The Bertz CT molecular complexity index is 1660. The van der Waals surface area contributed by atoms with Crippen molar-refractivity contribution in [2.24, 2.45) is 0 Å². The molecule has 38 heavy (non-hydrogen) atoms. The fraction of sp³-hybridized carbons (Fsp3) is 0.212. The van der Waals surface area contributed by atoms with Crippen LogP contribution >= 0.6 is 0 Å². The molecule has 5 heteroatoms. The van der Waals surface area contributed by atoms with Crippen LogP contribution in [0.1, 0.15) is 65.9 Å². The average Bonchev–Trinajstić information content (AvgIpc) is 3.39. The van der Waals surface area contributed by atoms with Crippen LogP contribution in [0.2, 0.25) is 0 Å². The van der Waals surface area contributed by atoms with Crippen molar-refractivity contribution in [3.8, 4) is 0 Å². The summed E-state index contributed by atoms with van der Waals surface area (Å²) >= 11 is 0. The number of carboxylic acid groups (broad SMARTS) is 1. The molecule has 1 atom stereocenters.